The van der Waals surface area contributed by atoms with Crippen LogP contribution in [0.15, 0.2) is 116 Å². The van der Waals surface area contributed by atoms with Crippen LogP contribution in [-0.4, -0.2) is 19.5 Å². The Balaban J connectivity index is 0.00000497. The van der Waals surface area contributed by atoms with E-state index in [1.165, 1.54) is 0 Å². The molecule has 0 amide bonds. The Morgan fingerprint density at radius 2 is 1.37 bits per heavy atom. The Kier molecular flexibility index (Phi) is 10.6. The van der Waals surface area contributed by atoms with Gasteiger partial charge in [0, 0.05) is 50.3 Å². The smallest absolute Gasteiger partial charge is 0.128 e. The maximum absolute atomic E-state index is 12.0. The molecule has 0 radical (unpaired) electrons. The molecule has 7 rings (SSSR count). The number of hydrogen-bond acceptors (Lipinski definition) is 4. The van der Waals surface area contributed by atoms with E-state index in [4.69, 9.17) is 9.97 Å². The fraction of sp³-hybridized carbons (Fsp3) is 0.229. The first-order valence-electron chi connectivity index (χ1n) is 18.2. The summed E-state index contributed by atoms with van der Waals surface area (Å²) in [6.45, 7) is 17.4. The van der Waals surface area contributed by atoms with Crippen LogP contribution >= 0.6 is 0 Å². The van der Waals surface area contributed by atoms with Crippen LogP contribution in [0.4, 0.5) is 0 Å². The number of imidazole rings is 1. The minimum Gasteiger partial charge on any atom is -0.507 e. The molecule has 0 unspecified atom stereocenters. The molecule has 1 N–H and O–H groups in total. The van der Waals surface area contributed by atoms with Crippen LogP contribution in [0.5, 0.6) is 5.75 Å². The van der Waals surface area contributed by atoms with Gasteiger partial charge in [-0.05, 0) is 50.6 Å². The second kappa shape index (κ2) is 14.8. The molecular formula is C48H45N4OPt-. The summed E-state index contributed by atoms with van der Waals surface area (Å²) in [6, 6.07) is 41.0. The molecule has 0 spiro atoms. The number of phenolic OH excluding ortho intramolecular Hbond substituents is 1. The predicted octanol–water partition coefficient (Wildman–Crippen LogP) is 12.2. The first-order chi connectivity index (χ1) is 25.2. The van der Waals surface area contributed by atoms with E-state index in [1.807, 2.05) is 54.6 Å². The number of hydrogen-bond donors (Lipinski definition) is 1. The summed E-state index contributed by atoms with van der Waals surface area (Å²) >= 11 is 0. The molecule has 5 nitrogen and oxygen atoms in total. The van der Waals surface area contributed by atoms with Crippen molar-refractivity contribution in [1.29, 1.82) is 5.26 Å². The van der Waals surface area contributed by atoms with Crippen LogP contribution in [0, 0.1) is 17.4 Å². The first-order valence-corrected chi connectivity index (χ1v) is 18.2. The number of nitrogens with zero attached hydrogens (tertiary/aromatic N) is 4. The minimum absolute atomic E-state index is 0. The molecule has 4 aromatic carbocycles. The zero-order valence-electron chi connectivity index (χ0n) is 32.1. The summed E-state index contributed by atoms with van der Waals surface area (Å²) in [5, 5.41) is 21.9. The zero-order valence-corrected chi connectivity index (χ0v) is 34.4. The molecule has 0 aliphatic carbocycles. The predicted molar refractivity (Wildman–Crippen MR) is 217 cm³/mol. The van der Waals surface area contributed by atoms with Crippen LogP contribution in [0.25, 0.3) is 61.5 Å². The van der Waals surface area contributed by atoms with Crippen molar-refractivity contribution in [2.75, 3.05) is 0 Å². The number of rotatable bonds is 6. The third-order valence-electron chi connectivity index (χ3n) is 9.92. The topological polar surface area (TPSA) is 74.2 Å². The molecule has 0 fully saturated rings. The molecule has 0 saturated carbocycles. The monoisotopic (exact) mass is 888 g/mol. The first kappa shape index (κ1) is 38.4. The van der Waals surface area contributed by atoms with E-state index in [-0.39, 0.29) is 43.6 Å². The molecule has 0 saturated heterocycles. The standard InChI is InChI=1S/C48H45N4O.Pt/c1-30(2)44-43(40-25-37(47(3,4)5)26-41(45(40)53)48(6,7)8)51-46-38(20-15-21-52(44)46)34-22-33(31-16-11-9-12-17-31)23-35(24-34)42-27-39(36(28-49)29-50-42)32-18-13-10-14-19-32;/h9-23,25-27,29-30,53H,1-8H3;/q-1;. The van der Waals surface area contributed by atoms with Crippen molar-refractivity contribution in [3.63, 3.8) is 0 Å². The maximum Gasteiger partial charge on any atom is 0.128 e. The van der Waals surface area contributed by atoms with E-state index in [2.05, 4.69) is 127 Å². The van der Waals surface area contributed by atoms with Crippen LogP contribution in [0.2, 0.25) is 0 Å². The molecule has 0 aliphatic rings. The van der Waals surface area contributed by atoms with Gasteiger partial charge in [0.15, 0.2) is 0 Å². The fourth-order valence-corrected chi connectivity index (χ4v) is 7.06. The van der Waals surface area contributed by atoms with Gasteiger partial charge < -0.3 is 9.51 Å². The van der Waals surface area contributed by atoms with Gasteiger partial charge in [0.05, 0.1) is 17.0 Å². The van der Waals surface area contributed by atoms with Gasteiger partial charge in [-0.1, -0.05) is 151 Å². The average molecular weight is 889 g/mol. The summed E-state index contributed by atoms with van der Waals surface area (Å²) in [7, 11) is 0. The third-order valence-corrected chi connectivity index (χ3v) is 9.92. The van der Waals surface area contributed by atoms with E-state index in [1.54, 1.807) is 6.20 Å². The molecule has 274 valence electrons. The van der Waals surface area contributed by atoms with Crippen molar-refractivity contribution in [2.45, 2.75) is 72.1 Å². The van der Waals surface area contributed by atoms with Crippen molar-refractivity contribution in [1.82, 2.24) is 14.4 Å². The Bertz CT molecular complexity index is 2510. The number of benzene rings is 4. The van der Waals surface area contributed by atoms with Crippen LogP contribution < -0.4 is 0 Å². The molecule has 0 atom stereocenters. The summed E-state index contributed by atoms with van der Waals surface area (Å²) in [6.07, 6.45) is 3.72. The summed E-state index contributed by atoms with van der Waals surface area (Å²) in [4.78, 5) is 10.2. The molecule has 0 aliphatic heterocycles. The molecular weight excluding hydrogens is 844 g/mol. The van der Waals surface area contributed by atoms with Crippen molar-refractivity contribution in [3.8, 4) is 67.7 Å². The van der Waals surface area contributed by atoms with Crippen molar-refractivity contribution in [2.24, 2.45) is 0 Å². The van der Waals surface area contributed by atoms with E-state index in [0.29, 0.717) is 5.56 Å². The van der Waals surface area contributed by atoms with Crippen LogP contribution in [0.3, 0.4) is 0 Å². The van der Waals surface area contributed by atoms with Crippen molar-refractivity contribution in [3.05, 3.63) is 144 Å². The molecule has 7 aromatic rings. The van der Waals surface area contributed by atoms with E-state index < -0.39 is 0 Å². The number of aromatic hydroxyl groups is 1. The van der Waals surface area contributed by atoms with Gasteiger partial charge in [0.25, 0.3) is 0 Å². The summed E-state index contributed by atoms with van der Waals surface area (Å²) < 4.78 is 2.17. The molecule has 3 heterocycles. The Labute approximate surface area is 333 Å². The number of aromatic nitrogens is 3. The van der Waals surface area contributed by atoms with Crippen LogP contribution in [0.1, 0.15) is 83.7 Å². The van der Waals surface area contributed by atoms with Gasteiger partial charge in [-0.25, -0.2) is 4.98 Å². The molecule has 54 heavy (non-hydrogen) atoms. The van der Waals surface area contributed by atoms with E-state index in [9.17, 15) is 10.4 Å². The van der Waals surface area contributed by atoms with Gasteiger partial charge in [-0.15, -0.1) is 23.8 Å². The van der Waals surface area contributed by atoms with Gasteiger partial charge in [0.2, 0.25) is 0 Å². The van der Waals surface area contributed by atoms with E-state index >= 15 is 0 Å². The average Bonchev–Trinajstić information content (AvgIpc) is 3.54. The maximum atomic E-state index is 12.0. The summed E-state index contributed by atoms with van der Waals surface area (Å²) in [5.41, 5.74) is 12.7. The second-order valence-corrected chi connectivity index (χ2v) is 16.2. The van der Waals surface area contributed by atoms with Crippen LogP contribution in [-0.2, 0) is 31.9 Å². The Hall–Kier alpha value is -5.30. The van der Waals surface area contributed by atoms with E-state index in [0.717, 1.165) is 78.4 Å². The van der Waals surface area contributed by atoms with Gasteiger partial charge in [-0.2, -0.15) is 5.26 Å². The molecule has 6 heteroatoms. The SMILES string of the molecule is CC(C)c1c(-c2cc(C(C)(C)C)cc(C(C)(C)C)c2O)nc2c(-c3[c-]c(-c4cc(-c5ccccc5)c(C#N)cn4)cc(-c4ccccc4)c3)cccn12.[Pt]. The normalized spacial score (nSPS) is 11.8. The van der Waals surface area contributed by atoms with Gasteiger partial charge in [-0.3, -0.25) is 4.98 Å². The minimum atomic E-state index is -0.272. The number of nitriles is 1. The number of fused-ring (bicyclic) bond motifs is 1. The Morgan fingerprint density at radius 3 is 1.98 bits per heavy atom. The second-order valence-electron chi connectivity index (χ2n) is 16.2. The number of pyridine rings is 2. The number of phenols is 1. The quantitative estimate of drug-likeness (QED) is 0.169. The Morgan fingerprint density at radius 1 is 0.722 bits per heavy atom. The zero-order chi connectivity index (χ0) is 37.7. The van der Waals surface area contributed by atoms with Crippen molar-refractivity contribution < 1.29 is 26.2 Å². The summed E-state index contributed by atoms with van der Waals surface area (Å²) in [5.74, 6) is 0.388. The van der Waals surface area contributed by atoms with Crippen molar-refractivity contribution >= 4 is 5.65 Å². The fourth-order valence-electron chi connectivity index (χ4n) is 7.06. The largest absolute Gasteiger partial charge is 0.507 e. The van der Waals surface area contributed by atoms with Gasteiger partial charge in [0.1, 0.15) is 17.5 Å². The molecule has 3 aromatic heterocycles. The third kappa shape index (κ3) is 7.29. The van der Waals surface area contributed by atoms with Gasteiger partial charge >= 0.3 is 0 Å². The molecule has 0 bridgehead atoms.